The van der Waals surface area contributed by atoms with Gasteiger partial charge in [0.15, 0.2) is 0 Å². The number of nitrogens with two attached hydrogens (primary N) is 1. The Labute approximate surface area is 110 Å². The van der Waals surface area contributed by atoms with Gasteiger partial charge in [0.2, 0.25) is 0 Å². The zero-order valence-corrected chi connectivity index (χ0v) is 11.8. The number of benzene rings is 1. The van der Waals surface area contributed by atoms with Gasteiger partial charge in [-0.2, -0.15) is 0 Å². The van der Waals surface area contributed by atoms with Crippen LogP contribution in [0.25, 0.3) is 0 Å². The maximum atomic E-state index is 5.91. The van der Waals surface area contributed by atoms with E-state index in [1.165, 1.54) is 11.1 Å². The third-order valence-electron chi connectivity index (χ3n) is 2.97. The molecule has 0 spiro atoms. The Balaban J connectivity index is 2.52. The van der Waals surface area contributed by atoms with E-state index in [1.807, 2.05) is 13.0 Å². The van der Waals surface area contributed by atoms with Crippen molar-refractivity contribution in [2.45, 2.75) is 32.2 Å². The zero-order chi connectivity index (χ0) is 12.4. The maximum Gasteiger partial charge on any atom is 0.137 e. The molecule has 1 atom stereocenters. The van der Waals surface area contributed by atoms with Crippen LogP contribution in [-0.4, -0.2) is 19.8 Å². The van der Waals surface area contributed by atoms with Gasteiger partial charge in [0, 0.05) is 17.2 Å². The van der Waals surface area contributed by atoms with Crippen LogP contribution in [-0.2, 0) is 12.8 Å². The van der Waals surface area contributed by atoms with E-state index < -0.39 is 0 Å². The standard InChI is InChI=1S/C13H18BrNO2/c1-8(15)6-10-9-4-3-5-17-13(9)11(14)7-12(10)16-2/h7-8H,3-6,15H2,1-2H3. The quantitative estimate of drug-likeness (QED) is 0.933. The second-order valence-corrected chi connectivity index (χ2v) is 5.33. The lowest BCUT2D eigenvalue weighted by atomic mass is 9.95. The molecule has 1 heterocycles. The van der Waals surface area contributed by atoms with Crippen molar-refractivity contribution in [3.05, 3.63) is 21.7 Å². The fourth-order valence-electron chi connectivity index (χ4n) is 2.27. The molecular formula is C13H18BrNO2. The van der Waals surface area contributed by atoms with Crippen molar-refractivity contribution in [1.29, 1.82) is 0 Å². The normalized spacial score (nSPS) is 16.0. The van der Waals surface area contributed by atoms with Crippen LogP contribution in [0.3, 0.4) is 0 Å². The highest BCUT2D eigenvalue weighted by molar-refractivity contribution is 9.10. The van der Waals surface area contributed by atoms with Crippen molar-refractivity contribution in [2.75, 3.05) is 13.7 Å². The average Bonchev–Trinajstić information content (AvgIpc) is 2.32. The predicted octanol–water partition coefficient (Wildman–Crippen LogP) is 2.67. The summed E-state index contributed by atoms with van der Waals surface area (Å²) in [6.07, 6.45) is 2.91. The van der Waals surface area contributed by atoms with E-state index in [9.17, 15) is 0 Å². The summed E-state index contributed by atoms with van der Waals surface area (Å²) in [6, 6.07) is 2.10. The molecule has 94 valence electrons. The molecule has 0 radical (unpaired) electrons. The summed E-state index contributed by atoms with van der Waals surface area (Å²) in [4.78, 5) is 0. The topological polar surface area (TPSA) is 44.5 Å². The first-order valence-electron chi connectivity index (χ1n) is 5.90. The lowest BCUT2D eigenvalue weighted by Crippen LogP contribution is -2.21. The lowest BCUT2D eigenvalue weighted by Gasteiger charge is -2.24. The number of hydrogen-bond donors (Lipinski definition) is 1. The van der Waals surface area contributed by atoms with Crippen molar-refractivity contribution in [3.63, 3.8) is 0 Å². The van der Waals surface area contributed by atoms with E-state index in [-0.39, 0.29) is 6.04 Å². The number of fused-ring (bicyclic) bond motifs is 1. The molecule has 0 aromatic heterocycles. The summed E-state index contributed by atoms with van der Waals surface area (Å²) >= 11 is 3.54. The highest BCUT2D eigenvalue weighted by Crippen LogP contribution is 2.40. The van der Waals surface area contributed by atoms with Crippen molar-refractivity contribution in [1.82, 2.24) is 0 Å². The summed E-state index contributed by atoms with van der Waals surface area (Å²) in [5.41, 5.74) is 8.36. The second-order valence-electron chi connectivity index (χ2n) is 4.48. The molecule has 4 heteroatoms. The van der Waals surface area contributed by atoms with Crippen molar-refractivity contribution in [2.24, 2.45) is 5.73 Å². The van der Waals surface area contributed by atoms with E-state index in [1.54, 1.807) is 7.11 Å². The van der Waals surface area contributed by atoms with Gasteiger partial charge in [-0.25, -0.2) is 0 Å². The Bertz CT molecular complexity index is 418. The van der Waals surface area contributed by atoms with Gasteiger partial charge >= 0.3 is 0 Å². The van der Waals surface area contributed by atoms with Gasteiger partial charge in [-0.3, -0.25) is 0 Å². The van der Waals surface area contributed by atoms with Gasteiger partial charge in [-0.1, -0.05) is 0 Å². The first kappa shape index (κ1) is 12.7. The van der Waals surface area contributed by atoms with Crippen molar-refractivity contribution in [3.8, 4) is 11.5 Å². The molecule has 0 saturated heterocycles. The fourth-order valence-corrected chi connectivity index (χ4v) is 2.83. The molecule has 0 bridgehead atoms. The fraction of sp³-hybridized carbons (Fsp3) is 0.538. The lowest BCUT2D eigenvalue weighted by molar-refractivity contribution is 0.283. The van der Waals surface area contributed by atoms with Gasteiger partial charge in [-0.15, -0.1) is 0 Å². The zero-order valence-electron chi connectivity index (χ0n) is 10.3. The van der Waals surface area contributed by atoms with E-state index in [0.29, 0.717) is 0 Å². The van der Waals surface area contributed by atoms with E-state index in [0.717, 1.165) is 41.8 Å². The van der Waals surface area contributed by atoms with Gasteiger partial charge in [0.25, 0.3) is 0 Å². The van der Waals surface area contributed by atoms with Crippen LogP contribution in [0.4, 0.5) is 0 Å². The average molecular weight is 300 g/mol. The molecule has 1 aromatic rings. The Hall–Kier alpha value is -0.740. The molecule has 1 aliphatic heterocycles. The van der Waals surface area contributed by atoms with Crippen molar-refractivity contribution < 1.29 is 9.47 Å². The molecule has 2 rings (SSSR count). The summed E-state index contributed by atoms with van der Waals surface area (Å²) in [5.74, 6) is 1.87. The minimum Gasteiger partial charge on any atom is -0.496 e. The smallest absolute Gasteiger partial charge is 0.137 e. The molecule has 0 aliphatic carbocycles. The summed E-state index contributed by atoms with van der Waals surface area (Å²) in [7, 11) is 1.70. The molecule has 1 aliphatic rings. The molecule has 0 saturated carbocycles. The molecule has 1 aromatic carbocycles. The SMILES string of the molecule is COc1cc(Br)c2c(c1CC(C)N)CCCO2. The van der Waals surface area contributed by atoms with Gasteiger partial charge < -0.3 is 15.2 Å². The molecule has 0 fully saturated rings. The summed E-state index contributed by atoms with van der Waals surface area (Å²) in [5, 5.41) is 0. The minimum absolute atomic E-state index is 0.121. The first-order valence-corrected chi connectivity index (χ1v) is 6.69. The van der Waals surface area contributed by atoms with Crippen molar-refractivity contribution >= 4 is 15.9 Å². The van der Waals surface area contributed by atoms with Crippen LogP contribution in [0.1, 0.15) is 24.5 Å². The number of halogens is 1. The van der Waals surface area contributed by atoms with Gasteiger partial charge in [-0.05, 0) is 48.2 Å². The van der Waals surface area contributed by atoms with Crippen LogP contribution >= 0.6 is 15.9 Å². The molecule has 17 heavy (non-hydrogen) atoms. The summed E-state index contributed by atoms with van der Waals surface area (Å²) < 4.78 is 12.2. The first-order chi connectivity index (χ1) is 8.13. The molecular weight excluding hydrogens is 282 g/mol. The van der Waals surface area contributed by atoms with Gasteiger partial charge in [0.05, 0.1) is 18.2 Å². The number of hydrogen-bond acceptors (Lipinski definition) is 3. The number of rotatable bonds is 3. The van der Waals surface area contributed by atoms with E-state index >= 15 is 0 Å². The summed E-state index contributed by atoms with van der Waals surface area (Å²) in [6.45, 7) is 2.80. The molecule has 0 amide bonds. The monoisotopic (exact) mass is 299 g/mol. The second kappa shape index (κ2) is 5.27. The van der Waals surface area contributed by atoms with Crippen LogP contribution in [0.15, 0.2) is 10.5 Å². The van der Waals surface area contributed by atoms with Crippen LogP contribution in [0.2, 0.25) is 0 Å². The molecule has 2 N–H and O–H groups in total. The van der Waals surface area contributed by atoms with Gasteiger partial charge in [0.1, 0.15) is 11.5 Å². The Kier molecular flexibility index (Phi) is 3.94. The Morgan fingerprint density at radius 1 is 1.59 bits per heavy atom. The van der Waals surface area contributed by atoms with E-state index in [2.05, 4.69) is 15.9 Å². The third-order valence-corrected chi connectivity index (χ3v) is 3.56. The highest BCUT2D eigenvalue weighted by atomic mass is 79.9. The third kappa shape index (κ3) is 2.58. The number of ether oxygens (including phenoxy) is 2. The largest absolute Gasteiger partial charge is 0.496 e. The predicted molar refractivity (Wildman–Crippen MR) is 71.9 cm³/mol. The molecule has 3 nitrogen and oxygen atoms in total. The maximum absolute atomic E-state index is 5.91. The van der Waals surface area contributed by atoms with E-state index in [4.69, 9.17) is 15.2 Å². The van der Waals surface area contributed by atoms with Crippen LogP contribution in [0, 0.1) is 0 Å². The molecule has 1 unspecified atom stereocenters. The highest BCUT2D eigenvalue weighted by Gasteiger charge is 2.22. The Morgan fingerprint density at radius 2 is 2.35 bits per heavy atom. The number of methoxy groups -OCH3 is 1. The minimum atomic E-state index is 0.121. The van der Waals surface area contributed by atoms with Crippen LogP contribution < -0.4 is 15.2 Å². The van der Waals surface area contributed by atoms with Crippen LogP contribution in [0.5, 0.6) is 11.5 Å². The Morgan fingerprint density at radius 3 is 3.00 bits per heavy atom.